The van der Waals surface area contributed by atoms with Gasteiger partial charge in [0, 0.05) is 17.5 Å². The third-order valence-corrected chi connectivity index (χ3v) is 3.03. The first-order chi connectivity index (χ1) is 5.98. The summed E-state index contributed by atoms with van der Waals surface area (Å²) in [5.41, 5.74) is -0.436. The highest BCUT2D eigenvalue weighted by molar-refractivity contribution is 7.80. The molecule has 2 radical (unpaired) electrons. The minimum absolute atomic E-state index is 0.0607. The van der Waals surface area contributed by atoms with Crippen molar-refractivity contribution >= 4 is 20.5 Å². The molecule has 0 amide bonds. The minimum Gasteiger partial charge on any atom is -0.481 e. The quantitative estimate of drug-likeness (QED) is 0.413. The van der Waals surface area contributed by atoms with Crippen LogP contribution in [0.3, 0.4) is 0 Å². The molecule has 0 aromatic heterocycles. The number of rotatable bonds is 1. The SMILES string of the molecule is [B]C1=CC(O)C(C)(CS)CC(O)O1. The molecule has 0 saturated carbocycles. The summed E-state index contributed by atoms with van der Waals surface area (Å²) in [4.78, 5) is 0. The van der Waals surface area contributed by atoms with Crippen molar-refractivity contribution in [2.24, 2.45) is 5.41 Å². The predicted molar refractivity (Wildman–Crippen MR) is 53.5 cm³/mol. The average Bonchev–Trinajstić information content (AvgIpc) is 2.10. The topological polar surface area (TPSA) is 49.7 Å². The van der Waals surface area contributed by atoms with E-state index in [4.69, 9.17) is 12.6 Å². The van der Waals surface area contributed by atoms with Crippen LogP contribution in [0.5, 0.6) is 0 Å². The Morgan fingerprint density at radius 3 is 2.92 bits per heavy atom. The molecule has 1 heterocycles. The molecule has 1 aliphatic rings. The number of aliphatic hydroxyl groups excluding tert-OH is 2. The third kappa shape index (κ3) is 2.42. The molecule has 0 spiro atoms. The Balaban J connectivity index is 2.87. The van der Waals surface area contributed by atoms with E-state index in [1.165, 1.54) is 6.08 Å². The highest BCUT2D eigenvalue weighted by atomic mass is 32.1. The van der Waals surface area contributed by atoms with Gasteiger partial charge in [-0.25, -0.2) is 0 Å². The van der Waals surface area contributed by atoms with Gasteiger partial charge in [-0.2, -0.15) is 12.6 Å². The fourth-order valence-electron chi connectivity index (χ4n) is 1.27. The second kappa shape index (κ2) is 3.94. The van der Waals surface area contributed by atoms with Crippen LogP contribution in [0.25, 0.3) is 0 Å². The van der Waals surface area contributed by atoms with E-state index in [0.717, 1.165) is 0 Å². The van der Waals surface area contributed by atoms with Gasteiger partial charge in [-0.15, -0.1) is 0 Å². The zero-order valence-corrected chi connectivity index (χ0v) is 8.37. The van der Waals surface area contributed by atoms with Gasteiger partial charge in [0.25, 0.3) is 0 Å². The molecule has 0 aliphatic carbocycles. The molecule has 2 N–H and O–H groups in total. The second-order valence-electron chi connectivity index (χ2n) is 3.60. The largest absolute Gasteiger partial charge is 0.481 e. The first kappa shape index (κ1) is 11.0. The Kier molecular flexibility index (Phi) is 3.32. The Labute approximate surface area is 84.6 Å². The van der Waals surface area contributed by atoms with E-state index in [0.29, 0.717) is 12.2 Å². The number of thiol groups is 1. The number of hydrogen-bond acceptors (Lipinski definition) is 4. The Hall–Kier alpha value is -0.125. The first-order valence-corrected chi connectivity index (χ1v) is 4.72. The molecule has 0 aromatic carbocycles. The van der Waals surface area contributed by atoms with E-state index in [1.54, 1.807) is 0 Å². The van der Waals surface area contributed by atoms with Gasteiger partial charge >= 0.3 is 0 Å². The molecule has 3 unspecified atom stereocenters. The van der Waals surface area contributed by atoms with Gasteiger partial charge in [0.05, 0.1) is 6.10 Å². The van der Waals surface area contributed by atoms with Crippen LogP contribution in [0.15, 0.2) is 11.7 Å². The van der Waals surface area contributed by atoms with Crippen LogP contribution in [0.1, 0.15) is 13.3 Å². The van der Waals surface area contributed by atoms with Gasteiger partial charge in [0.15, 0.2) is 14.1 Å². The highest BCUT2D eigenvalue weighted by Crippen LogP contribution is 2.33. The number of aliphatic hydroxyl groups is 2. The summed E-state index contributed by atoms with van der Waals surface area (Å²) in [6.45, 7) is 1.83. The summed E-state index contributed by atoms with van der Waals surface area (Å²) in [5, 5.41) is 19.1. The highest BCUT2D eigenvalue weighted by Gasteiger charge is 2.35. The van der Waals surface area contributed by atoms with Crippen molar-refractivity contribution in [3.05, 3.63) is 11.7 Å². The standard InChI is InChI=1S/C8H13BO3S/c1-8(4-13)3-7(11)12-6(9)2-5(8)10/h2,5,7,10-11,13H,3-4H2,1H3. The molecule has 1 aliphatic heterocycles. The van der Waals surface area contributed by atoms with Crippen molar-refractivity contribution < 1.29 is 14.9 Å². The molecule has 3 nitrogen and oxygen atoms in total. The Morgan fingerprint density at radius 2 is 2.38 bits per heavy atom. The van der Waals surface area contributed by atoms with E-state index in [-0.39, 0.29) is 5.66 Å². The van der Waals surface area contributed by atoms with Gasteiger partial charge in [-0.3, -0.25) is 0 Å². The lowest BCUT2D eigenvalue weighted by molar-refractivity contribution is -0.0836. The van der Waals surface area contributed by atoms with Crippen LogP contribution in [0.4, 0.5) is 0 Å². The Morgan fingerprint density at radius 1 is 1.77 bits per heavy atom. The van der Waals surface area contributed by atoms with E-state index in [2.05, 4.69) is 12.6 Å². The molecule has 13 heavy (non-hydrogen) atoms. The fraction of sp³-hybridized carbons (Fsp3) is 0.750. The van der Waals surface area contributed by atoms with Crippen LogP contribution in [0, 0.1) is 5.41 Å². The first-order valence-electron chi connectivity index (χ1n) is 4.09. The van der Waals surface area contributed by atoms with Crippen LogP contribution in [-0.2, 0) is 4.74 Å². The van der Waals surface area contributed by atoms with Crippen molar-refractivity contribution in [1.82, 2.24) is 0 Å². The van der Waals surface area contributed by atoms with Crippen LogP contribution >= 0.6 is 12.6 Å². The van der Waals surface area contributed by atoms with Crippen molar-refractivity contribution in [3.8, 4) is 0 Å². The maximum Gasteiger partial charge on any atom is 0.196 e. The zero-order valence-electron chi connectivity index (χ0n) is 7.47. The minimum atomic E-state index is -0.967. The molecule has 0 bridgehead atoms. The molecular formula is C8H13BO3S. The van der Waals surface area contributed by atoms with Crippen LogP contribution in [0.2, 0.25) is 0 Å². The van der Waals surface area contributed by atoms with E-state index < -0.39 is 17.8 Å². The smallest absolute Gasteiger partial charge is 0.196 e. The fourth-order valence-corrected chi connectivity index (χ4v) is 1.59. The lowest BCUT2D eigenvalue weighted by atomic mass is 9.82. The van der Waals surface area contributed by atoms with Crippen molar-refractivity contribution in [1.29, 1.82) is 0 Å². The Bertz CT molecular complexity index is 221. The predicted octanol–water partition coefficient (Wildman–Crippen LogP) is 0.0320. The summed E-state index contributed by atoms with van der Waals surface area (Å²) in [5.74, 6) is 0.457. The van der Waals surface area contributed by atoms with E-state index >= 15 is 0 Å². The zero-order chi connectivity index (χ0) is 10.1. The maximum atomic E-state index is 9.70. The number of hydrogen-bond donors (Lipinski definition) is 3. The van der Waals surface area contributed by atoms with Crippen molar-refractivity contribution in [3.63, 3.8) is 0 Å². The average molecular weight is 200 g/mol. The van der Waals surface area contributed by atoms with Crippen molar-refractivity contribution in [2.45, 2.75) is 25.7 Å². The maximum absolute atomic E-state index is 9.70. The van der Waals surface area contributed by atoms with Crippen molar-refractivity contribution in [2.75, 3.05) is 5.75 Å². The second-order valence-corrected chi connectivity index (χ2v) is 3.92. The molecule has 1 rings (SSSR count). The van der Waals surface area contributed by atoms with Gasteiger partial charge in [-0.05, 0) is 11.8 Å². The summed E-state index contributed by atoms with van der Waals surface area (Å²) in [6.07, 6.45) is 0.00843. The van der Waals surface area contributed by atoms with E-state index in [9.17, 15) is 10.2 Å². The monoisotopic (exact) mass is 200 g/mol. The molecule has 5 heteroatoms. The normalized spacial score (nSPS) is 40.5. The lowest BCUT2D eigenvalue weighted by Gasteiger charge is -2.30. The summed E-state index contributed by atoms with van der Waals surface area (Å²) in [7, 11) is 5.39. The molecule has 0 saturated heterocycles. The molecular weight excluding hydrogens is 187 g/mol. The van der Waals surface area contributed by atoms with E-state index in [1.807, 2.05) is 6.92 Å². The molecule has 72 valence electrons. The van der Waals surface area contributed by atoms with Gasteiger partial charge in [0.2, 0.25) is 0 Å². The van der Waals surface area contributed by atoms with Gasteiger partial charge in [-0.1, -0.05) is 6.92 Å². The lowest BCUT2D eigenvalue weighted by Crippen LogP contribution is -2.35. The number of ether oxygens (including phenoxy) is 1. The molecule has 0 aromatic rings. The molecule has 0 fully saturated rings. The van der Waals surface area contributed by atoms with Gasteiger partial charge in [0.1, 0.15) is 0 Å². The summed E-state index contributed by atoms with van der Waals surface area (Å²) >= 11 is 4.13. The summed E-state index contributed by atoms with van der Waals surface area (Å²) in [6, 6.07) is 0. The third-order valence-electron chi connectivity index (χ3n) is 2.31. The van der Waals surface area contributed by atoms with Crippen LogP contribution in [-0.4, -0.2) is 36.2 Å². The summed E-state index contributed by atoms with van der Waals surface area (Å²) < 4.78 is 4.88. The molecule has 3 atom stereocenters. The van der Waals surface area contributed by atoms with Crippen LogP contribution < -0.4 is 0 Å². The van der Waals surface area contributed by atoms with Gasteiger partial charge < -0.3 is 14.9 Å².